The van der Waals surface area contributed by atoms with Gasteiger partial charge < -0.3 is 0 Å². The van der Waals surface area contributed by atoms with Gasteiger partial charge in [0.1, 0.15) is 0 Å². The fourth-order valence-electron chi connectivity index (χ4n) is 1.71. The van der Waals surface area contributed by atoms with Crippen LogP contribution >= 0.6 is 0 Å². The lowest BCUT2D eigenvalue weighted by Crippen LogP contribution is -2.19. The van der Waals surface area contributed by atoms with Gasteiger partial charge in [-0.2, -0.15) is 0 Å². The van der Waals surface area contributed by atoms with Crippen LogP contribution in [0.5, 0.6) is 0 Å². The lowest BCUT2D eigenvalue weighted by Gasteiger charge is -2.25. The summed E-state index contributed by atoms with van der Waals surface area (Å²) in [5.41, 5.74) is 0. The van der Waals surface area contributed by atoms with Crippen LogP contribution in [0.25, 0.3) is 0 Å². The van der Waals surface area contributed by atoms with Gasteiger partial charge in [-0.1, -0.05) is 33.6 Å². The highest BCUT2D eigenvalue weighted by atomic mass is 19.3. The van der Waals surface area contributed by atoms with E-state index in [1.807, 2.05) is 13.8 Å². The number of hydrogen-bond donors (Lipinski definition) is 0. The van der Waals surface area contributed by atoms with Crippen molar-refractivity contribution in [1.29, 1.82) is 0 Å². The molecule has 1 aliphatic rings. The van der Waals surface area contributed by atoms with Gasteiger partial charge in [0.2, 0.25) is 6.43 Å². The molecule has 0 N–H and O–H groups in total. The Morgan fingerprint density at radius 2 is 1.57 bits per heavy atom. The summed E-state index contributed by atoms with van der Waals surface area (Å²) in [5.74, 6) is 0.219. The molecule has 1 rings (SSSR count). The molecule has 0 nitrogen and oxygen atoms in total. The SMILES string of the molecule is CC.CC1CCCC(C(F)F)C1.CF. The molecule has 0 bridgehead atoms. The molecule has 0 aliphatic heterocycles. The van der Waals surface area contributed by atoms with Crippen molar-refractivity contribution < 1.29 is 13.2 Å². The van der Waals surface area contributed by atoms with Crippen LogP contribution in [0.1, 0.15) is 46.5 Å². The van der Waals surface area contributed by atoms with Crippen LogP contribution < -0.4 is 0 Å². The normalized spacial score (nSPS) is 25.7. The minimum atomic E-state index is -2.08. The van der Waals surface area contributed by atoms with Crippen molar-refractivity contribution in [2.45, 2.75) is 52.9 Å². The first-order valence-corrected chi connectivity index (χ1v) is 5.36. The molecule has 1 fully saturated rings. The second-order valence-corrected chi connectivity index (χ2v) is 3.37. The van der Waals surface area contributed by atoms with E-state index in [0.717, 1.165) is 25.7 Å². The molecule has 0 saturated heterocycles. The lowest BCUT2D eigenvalue weighted by atomic mass is 9.83. The zero-order chi connectivity index (χ0) is 11.6. The van der Waals surface area contributed by atoms with Crippen molar-refractivity contribution in [3.05, 3.63) is 0 Å². The van der Waals surface area contributed by atoms with Crippen molar-refractivity contribution in [2.24, 2.45) is 11.8 Å². The standard InChI is InChI=1S/C8H14F2.C2H6.CH3F/c1-6-3-2-4-7(5-6)8(9)10;2*1-2/h6-8H,2-5H2,1H3;1-2H3;1H3. The Labute approximate surface area is 85.9 Å². The largest absolute Gasteiger partial charge is 0.255 e. The summed E-state index contributed by atoms with van der Waals surface area (Å²) in [4.78, 5) is 0. The molecule has 0 amide bonds. The van der Waals surface area contributed by atoms with Crippen molar-refractivity contribution in [3.63, 3.8) is 0 Å². The Bertz CT molecular complexity index is 105. The van der Waals surface area contributed by atoms with Crippen molar-refractivity contribution in [3.8, 4) is 0 Å². The quantitative estimate of drug-likeness (QED) is 0.591. The molecule has 0 aromatic heterocycles. The topological polar surface area (TPSA) is 0 Å². The number of hydrogen-bond acceptors (Lipinski definition) is 0. The van der Waals surface area contributed by atoms with Crippen LogP contribution in [0.2, 0.25) is 0 Å². The van der Waals surface area contributed by atoms with Crippen LogP contribution in [-0.4, -0.2) is 13.6 Å². The molecular formula is C11H23F3. The number of halogens is 3. The van der Waals surface area contributed by atoms with Gasteiger partial charge in [0.25, 0.3) is 0 Å². The van der Waals surface area contributed by atoms with Gasteiger partial charge in [-0.25, -0.2) is 8.78 Å². The van der Waals surface area contributed by atoms with E-state index in [0.29, 0.717) is 13.1 Å². The molecule has 1 aliphatic carbocycles. The summed E-state index contributed by atoms with van der Waals surface area (Å²) in [6.07, 6.45) is 1.53. The minimum absolute atomic E-state index is 0.302. The summed E-state index contributed by atoms with van der Waals surface area (Å²) >= 11 is 0. The third-order valence-electron chi connectivity index (χ3n) is 2.33. The summed E-state index contributed by atoms with van der Waals surface area (Å²) in [6.45, 7) is 6.06. The van der Waals surface area contributed by atoms with Gasteiger partial charge in [-0.05, 0) is 18.8 Å². The fourth-order valence-corrected chi connectivity index (χ4v) is 1.71. The second kappa shape index (κ2) is 10.9. The molecule has 2 atom stereocenters. The van der Waals surface area contributed by atoms with Crippen molar-refractivity contribution >= 4 is 0 Å². The summed E-state index contributed by atoms with van der Waals surface area (Å²) in [7, 11) is 0.500. The summed E-state index contributed by atoms with van der Waals surface area (Å²) < 4.78 is 33.7. The molecule has 0 spiro atoms. The number of alkyl halides is 3. The van der Waals surface area contributed by atoms with E-state index in [2.05, 4.69) is 6.92 Å². The highest BCUT2D eigenvalue weighted by molar-refractivity contribution is 4.71. The minimum Gasteiger partial charge on any atom is -0.255 e. The van der Waals surface area contributed by atoms with Crippen LogP contribution in [-0.2, 0) is 0 Å². The van der Waals surface area contributed by atoms with Gasteiger partial charge in [-0.3, -0.25) is 4.39 Å². The lowest BCUT2D eigenvalue weighted by molar-refractivity contribution is 0.0445. The molecule has 0 heterocycles. The molecular weight excluding hydrogens is 189 g/mol. The first-order chi connectivity index (χ1) is 6.70. The van der Waals surface area contributed by atoms with Gasteiger partial charge in [0, 0.05) is 5.92 Å². The zero-order valence-corrected chi connectivity index (χ0v) is 9.69. The highest BCUT2D eigenvalue weighted by Crippen LogP contribution is 2.32. The maximum absolute atomic E-state index is 12.1. The Balaban J connectivity index is 0. The van der Waals surface area contributed by atoms with Crippen molar-refractivity contribution in [1.82, 2.24) is 0 Å². The van der Waals surface area contributed by atoms with Gasteiger partial charge >= 0.3 is 0 Å². The van der Waals surface area contributed by atoms with Crippen LogP contribution in [0.4, 0.5) is 13.2 Å². The summed E-state index contributed by atoms with van der Waals surface area (Å²) in [6, 6.07) is 0. The average molecular weight is 212 g/mol. The van der Waals surface area contributed by atoms with Crippen LogP contribution in [0, 0.1) is 11.8 Å². The van der Waals surface area contributed by atoms with Gasteiger partial charge in [-0.15, -0.1) is 0 Å². The average Bonchev–Trinajstić information content (AvgIpc) is 2.24. The molecule has 0 aromatic carbocycles. The van der Waals surface area contributed by atoms with Crippen molar-refractivity contribution in [2.75, 3.05) is 7.18 Å². The van der Waals surface area contributed by atoms with E-state index in [-0.39, 0.29) is 5.92 Å². The first kappa shape index (κ1) is 16.2. The smallest absolute Gasteiger partial charge is 0.241 e. The van der Waals surface area contributed by atoms with E-state index in [9.17, 15) is 13.2 Å². The summed E-state index contributed by atoms with van der Waals surface area (Å²) in [5, 5.41) is 0. The van der Waals surface area contributed by atoms with E-state index >= 15 is 0 Å². The molecule has 3 heteroatoms. The molecule has 0 radical (unpaired) electrons. The first-order valence-electron chi connectivity index (χ1n) is 5.36. The molecule has 2 unspecified atom stereocenters. The molecule has 88 valence electrons. The van der Waals surface area contributed by atoms with Crippen LogP contribution in [0.3, 0.4) is 0 Å². The van der Waals surface area contributed by atoms with Crippen LogP contribution in [0.15, 0.2) is 0 Å². The molecule has 1 saturated carbocycles. The van der Waals surface area contributed by atoms with E-state index < -0.39 is 6.43 Å². The fraction of sp³-hybridized carbons (Fsp3) is 1.00. The van der Waals surface area contributed by atoms with E-state index in [1.165, 1.54) is 0 Å². The molecule has 0 aromatic rings. The Kier molecular flexibility index (Phi) is 12.6. The Morgan fingerprint density at radius 3 is 1.86 bits per heavy atom. The third kappa shape index (κ3) is 7.22. The van der Waals surface area contributed by atoms with Gasteiger partial charge in [0.15, 0.2) is 0 Å². The van der Waals surface area contributed by atoms with E-state index in [1.54, 1.807) is 0 Å². The Morgan fingerprint density at radius 1 is 1.07 bits per heavy atom. The van der Waals surface area contributed by atoms with Gasteiger partial charge in [0.05, 0.1) is 7.18 Å². The third-order valence-corrected chi connectivity index (χ3v) is 2.33. The maximum Gasteiger partial charge on any atom is 0.241 e. The van der Waals surface area contributed by atoms with E-state index in [4.69, 9.17) is 0 Å². The zero-order valence-electron chi connectivity index (χ0n) is 9.69. The maximum atomic E-state index is 12.1. The Hall–Kier alpha value is -0.210. The highest BCUT2D eigenvalue weighted by Gasteiger charge is 2.25. The molecule has 14 heavy (non-hydrogen) atoms. The predicted octanol–water partition coefficient (Wildman–Crippen LogP) is 4.69. The second-order valence-electron chi connectivity index (χ2n) is 3.37. The predicted molar refractivity (Wildman–Crippen MR) is 55.5 cm³/mol. The monoisotopic (exact) mass is 212 g/mol. The number of rotatable bonds is 1.